The number of hydrogen-bond donors (Lipinski definition) is 12. The molecule has 3 saturated heterocycles. The van der Waals surface area contributed by atoms with E-state index in [1.807, 2.05) is 12.2 Å². The number of rotatable bonds is 62. The molecule has 3 aliphatic heterocycles. The van der Waals surface area contributed by atoms with Crippen molar-refractivity contribution in [2.75, 3.05) is 26.4 Å². The fraction of sp³-hybridized carbons (Fsp3) is 0.793. The molecule has 0 aromatic rings. The predicted molar refractivity (Wildman–Crippen MR) is 401 cm³/mol. The third-order valence-corrected chi connectivity index (χ3v) is 19.4. The van der Waals surface area contributed by atoms with Gasteiger partial charge in [0.25, 0.3) is 0 Å². The van der Waals surface area contributed by atoms with Crippen LogP contribution in [0.25, 0.3) is 0 Å². The standard InChI is InChI=1S/C82H143NO18/c1-3-5-7-9-11-13-15-17-19-21-23-25-27-28-29-30-31-32-33-34-35-36-38-39-41-43-45-47-49-51-53-55-57-59-66(87)65(83-70(88)60-58-56-54-52-50-48-46-44-42-40-37-26-24-22-20-18-16-14-12-10-8-6-4-2)64-96-80-76(94)73(91)78(68(62-85)98-80)101-82-77(95)74(92)79(69(63-86)99-82)100-81-75(93)72(90)71(89)67(61-84)97-81/h6,8,12,14,18,20,24,26,40,42,46,48,52,54,57,59,65-69,71-82,84-87,89-95H,3-5,7,9-11,13,15-17,19,21-23,25,27-39,41,43-45,47,49-51,53,55-56,58,60-64H2,1-2H3,(H,83,88)/b8-6-,14-12-,20-18-,26-24-,42-40-,48-46-,54-52-,59-57+. The third kappa shape index (κ3) is 42.0. The highest BCUT2D eigenvalue weighted by atomic mass is 16.8. The number of nitrogens with one attached hydrogen (secondary N) is 1. The van der Waals surface area contributed by atoms with E-state index in [1.165, 1.54) is 180 Å². The Labute approximate surface area is 609 Å². The molecule has 0 aromatic heterocycles. The van der Waals surface area contributed by atoms with Crippen molar-refractivity contribution >= 4 is 5.91 Å². The van der Waals surface area contributed by atoms with E-state index in [0.29, 0.717) is 12.8 Å². The SMILES string of the molecule is CC/C=C\C/C=C\C/C=C\C/C=C\C/C=C\C/C=C\C/C=C\CCCC(=O)NC(COC1OC(CO)C(OC2OC(CO)C(OC3OC(CO)C(O)C(O)C3O)C(O)C2O)C(O)C1O)C(O)/C=C/CCCCCCCCCCCCCCCCCCCCCCCCCCCCCCCCC. The smallest absolute Gasteiger partial charge is 0.220 e. The van der Waals surface area contributed by atoms with Gasteiger partial charge in [0.15, 0.2) is 18.9 Å². The summed E-state index contributed by atoms with van der Waals surface area (Å²) < 4.78 is 34.4. The van der Waals surface area contributed by atoms with Gasteiger partial charge >= 0.3 is 0 Å². The van der Waals surface area contributed by atoms with Crippen molar-refractivity contribution in [3.8, 4) is 0 Å². The van der Waals surface area contributed by atoms with Gasteiger partial charge < -0.3 is 89.9 Å². The van der Waals surface area contributed by atoms with Crippen LogP contribution in [0.4, 0.5) is 0 Å². The van der Waals surface area contributed by atoms with Gasteiger partial charge in [-0.05, 0) is 70.6 Å². The zero-order valence-corrected chi connectivity index (χ0v) is 62.4. The number of unbranched alkanes of at least 4 members (excludes halogenated alkanes) is 32. The molecule has 3 fully saturated rings. The Balaban J connectivity index is 1.39. The van der Waals surface area contributed by atoms with E-state index in [1.54, 1.807) is 6.08 Å². The van der Waals surface area contributed by atoms with Gasteiger partial charge in [0.05, 0.1) is 38.6 Å². The van der Waals surface area contributed by atoms with Gasteiger partial charge in [0.2, 0.25) is 5.91 Å². The Hall–Kier alpha value is -3.29. The summed E-state index contributed by atoms with van der Waals surface area (Å²) in [6.07, 6.45) is 56.9. The highest BCUT2D eigenvalue weighted by molar-refractivity contribution is 5.76. The van der Waals surface area contributed by atoms with Gasteiger partial charge in [-0.3, -0.25) is 4.79 Å². The second-order valence-corrected chi connectivity index (χ2v) is 28.1. The normalized spacial score (nSPS) is 26.8. The van der Waals surface area contributed by atoms with Crippen molar-refractivity contribution in [3.05, 3.63) is 97.2 Å². The second kappa shape index (κ2) is 61.8. The quantitative estimate of drug-likeness (QED) is 0.0199. The highest BCUT2D eigenvalue weighted by Crippen LogP contribution is 2.33. The molecule has 17 unspecified atom stereocenters. The Morgan fingerprint density at radius 2 is 0.683 bits per heavy atom. The summed E-state index contributed by atoms with van der Waals surface area (Å²) in [5.41, 5.74) is 0. The highest BCUT2D eigenvalue weighted by Gasteiger charge is 2.54. The van der Waals surface area contributed by atoms with Gasteiger partial charge in [-0.2, -0.15) is 0 Å². The van der Waals surface area contributed by atoms with Crippen LogP contribution in [0.5, 0.6) is 0 Å². The van der Waals surface area contributed by atoms with E-state index in [-0.39, 0.29) is 18.9 Å². The van der Waals surface area contributed by atoms with Crippen LogP contribution in [-0.2, 0) is 33.2 Å². The van der Waals surface area contributed by atoms with Crippen LogP contribution in [0.15, 0.2) is 97.2 Å². The summed E-state index contributed by atoms with van der Waals surface area (Å²) in [5, 5.41) is 121. The molecule has 19 heteroatoms. The van der Waals surface area contributed by atoms with Crippen molar-refractivity contribution < 1.29 is 89.4 Å². The Bertz CT molecular complexity index is 2200. The molecule has 12 N–H and O–H groups in total. The largest absolute Gasteiger partial charge is 0.394 e. The number of carbonyl (C=O) groups excluding carboxylic acids is 1. The molecule has 3 rings (SSSR count). The van der Waals surface area contributed by atoms with Crippen LogP contribution < -0.4 is 5.32 Å². The lowest BCUT2D eigenvalue weighted by Crippen LogP contribution is -2.66. The van der Waals surface area contributed by atoms with Gasteiger partial charge in [-0.25, -0.2) is 0 Å². The van der Waals surface area contributed by atoms with Crippen LogP contribution in [0.3, 0.4) is 0 Å². The zero-order valence-electron chi connectivity index (χ0n) is 62.4. The molecule has 0 aromatic carbocycles. The summed E-state index contributed by atoms with van der Waals surface area (Å²) >= 11 is 0. The van der Waals surface area contributed by atoms with E-state index >= 15 is 0 Å². The first kappa shape index (κ1) is 91.9. The Kier molecular flexibility index (Phi) is 56.3. The van der Waals surface area contributed by atoms with E-state index < -0.39 is 124 Å². The van der Waals surface area contributed by atoms with E-state index in [2.05, 4.69) is 98.2 Å². The van der Waals surface area contributed by atoms with Gasteiger partial charge in [0, 0.05) is 6.42 Å². The lowest BCUT2D eigenvalue weighted by molar-refractivity contribution is -0.379. The minimum absolute atomic E-state index is 0.158. The number of aliphatic hydroxyl groups is 11. The summed E-state index contributed by atoms with van der Waals surface area (Å²) in [4.78, 5) is 13.4. The van der Waals surface area contributed by atoms with Gasteiger partial charge in [-0.15, -0.1) is 0 Å². The van der Waals surface area contributed by atoms with E-state index in [0.717, 1.165) is 70.6 Å². The molecule has 101 heavy (non-hydrogen) atoms. The maximum absolute atomic E-state index is 13.4. The van der Waals surface area contributed by atoms with E-state index in [9.17, 15) is 61.0 Å². The van der Waals surface area contributed by atoms with Crippen molar-refractivity contribution in [1.29, 1.82) is 0 Å². The molecule has 17 atom stereocenters. The first-order chi connectivity index (χ1) is 49.3. The maximum Gasteiger partial charge on any atom is 0.220 e. The molecule has 584 valence electrons. The summed E-state index contributed by atoms with van der Waals surface area (Å²) in [7, 11) is 0. The monoisotopic (exact) mass is 1430 g/mol. The molecule has 0 radical (unpaired) electrons. The molecule has 19 nitrogen and oxygen atoms in total. The fourth-order valence-corrected chi connectivity index (χ4v) is 13.0. The number of carbonyl (C=O) groups is 1. The lowest BCUT2D eigenvalue weighted by Gasteiger charge is -2.48. The number of hydrogen-bond acceptors (Lipinski definition) is 18. The average molecular weight is 1430 g/mol. The third-order valence-electron chi connectivity index (χ3n) is 19.4. The summed E-state index contributed by atoms with van der Waals surface area (Å²) in [5.74, 6) is -0.334. The van der Waals surface area contributed by atoms with Crippen LogP contribution in [0.1, 0.15) is 284 Å². The molecule has 0 saturated carbocycles. The molecule has 1 amide bonds. The first-order valence-electron chi connectivity index (χ1n) is 40.0. The van der Waals surface area contributed by atoms with Crippen molar-refractivity contribution in [1.82, 2.24) is 5.32 Å². The number of ether oxygens (including phenoxy) is 6. The van der Waals surface area contributed by atoms with Crippen LogP contribution >= 0.6 is 0 Å². The van der Waals surface area contributed by atoms with E-state index in [4.69, 9.17) is 28.4 Å². The minimum Gasteiger partial charge on any atom is -0.394 e. The zero-order chi connectivity index (χ0) is 73.2. The predicted octanol–water partition coefficient (Wildman–Crippen LogP) is 13.2. The fourth-order valence-electron chi connectivity index (χ4n) is 13.0. The molecular formula is C82H143NO18. The van der Waals surface area contributed by atoms with Crippen molar-refractivity contribution in [3.63, 3.8) is 0 Å². The van der Waals surface area contributed by atoms with Gasteiger partial charge in [-0.1, -0.05) is 304 Å². The summed E-state index contributed by atoms with van der Waals surface area (Å²) in [6.45, 7) is 1.60. The van der Waals surface area contributed by atoms with Crippen molar-refractivity contribution in [2.24, 2.45) is 0 Å². The minimum atomic E-state index is -1.99. The molecule has 0 aliphatic carbocycles. The molecule has 3 heterocycles. The van der Waals surface area contributed by atoms with Crippen LogP contribution in [-0.4, -0.2) is 193 Å². The molecule has 3 aliphatic rings. The second-order valence-electron chi connectivity index (χ2n) is 28.1. The van der Waals surface area contributed by atoms with Gasteiger partial charge in [0.1, 0.15) is 73.2 Å². The first-order valence-corrected chi connectivity index (χ1v) is 40.0. The van der Waals surface area contributed by atoms with Crippen LogP contribution in [0, 0.1) is 0 Å². The maximum atomic E-state index is 13.4. The topological polar surface area (TPSA) is 307 Å². The lowest BCUT2D eigenvalue weighted by atomic mass is 9.96. The number of aliphatic hydroxyl groups excluding tert-OH is 11. The van der Waals surface area contributed by atoms with Crippen LogP contribution in [0.2, 0.25) is 0 Å². The number of amides is 1. The average Bonchev–Trinajstić information content (AvgIpc) is 0.782. The molecular weight excluding hydrogens is 1290 g/mol. The number of allylic oxidation sites excluding steroid dienone is 15. The molecule has 0 bridgehead atoms. The summed E-state index contributed by atoms with van der Waals surface area (Å²) in [6, 6.07) is -1.01. The Morgan fingerprint density at radius 3 is 1.06 bits per heavy atom. The molecule has 0 spiro atoms. The van der Waals surface area contributed by atoms with Crippen molar-refractivity contribution in [2.45, 2.75) is 388 Å². The Morgan fingerprint density at radius 1 is 0.366 bits per heavy atom.